The summed E-state index contributed by atoms with van der Waals surface area (Å²) in [6.07, 6.45) is 4.42. The van der Waals surface area contributed by atoms with E-state index in [9.17, 15) is 9.59 Å². The molecule has 0 bridgehead atoms. The lowest BCUT2D eigenvalue weighted by Crippen LogP contribution is -2.30. The van der Waals surface area contributed by atoms with Crippen LogP contribution in [0.3, 0.4) is 0 Å². The average molecular weight is 291 g/mol. The molecule has 0 aromatic carbocycles. The summed E-state index contributed by atoms with van der Waals surface area (Å²) in [5.74, 6) is -1.23. The van der Waals surface area contributed by atoms with E-state index in [2.05, 4.69) is 10.2 Å². The fourth-order valence-electron chi connectivity index (χ4n) is 1.82. The van der Waals surface area contributed by atoms with Crippen molar-refractivity contribution in [1.29, 1.82) is 0 Å². The lowest BCUT2D eigenvalue weighted by Gasteiger charge is -2.15. The third-order valence-corrected chi connectivity index (χ3v) is 3.02. The molecule has 8 nitrogen and oxygen atoms in total. The molecule has 0 saturated carbocycles. The topological polar surface area (TPSA) is 93.2 Å². The SMILES string of the molecule is CCn1ccc(CN(C)C(=O)Cn2cc(C(=O)O)cn2)n1. The molecule has 2 heterocycles. The minimum absolute atomic E-state index is 0.00172. The molecule has 2 aromatic rings. The molecular weight excluding hydrogens is 274 g/mol. The summed E-state index contributed by atoms with van der Waals surface area (Å²) in [6.45, 7) is 3.17. The Hall–Kier alpha value is -2.64. The molecule has 0 radical (unpaired) electrons. The molecule has 2 aromatic heterocycles. The highest BCUT2D eigenvalue weighted by Gasteiger charge is 2.13. The van der Waals surface area contributed by atoms with Crippen LogP contribution >= 0.6 is 0 Å². The van der Waals surface area contributed by atoms with Crippen LogP contribution in [-0.4, -0.2) is 48.5 Å². The van der Waals surface area contributed by atoms with Crippen LogP contribution in [-0.2, 0) is 24.4 Å². The van der Waals surface area contributed by atoms with Crippen molar-refractivity contribution in [2.45, 2.75) is 26.6 Å². The van der Waals surface area contributed by atoms with E-state index in [1.807, 2.05) is 19.2 Å². The molecule has 2 rings (SSSR count). The number of aromatic nitrogens is 4. The molecule has 0 saturated heterocycles. The quantitative estimate of drug-likeness (QED) is 0.834. The lowest BCUT2D eigenvalue weighted by molar-refractivity contribution is -0.131. The second kappa shape index (κ2) is 6.21. The van der Waals surface area contributed by atoms with E-state index < -0.39 is 5.97 Å². The molecule has 1 amide bonds. The molecule has 0 spiro atoms. The number of carbonyl (C=O) groups is 2. The van der Waals surface area contributed by atoms with E-state index in [0.29, 0.717) is 6.54 Å². The van der Waals surface area contributed by atoms with E-state index in [1.54, 1.807) is 11.7 Å². The minimum atomic E-state index is -1.06. The highest BCUT2D eigenvalue weighted by atomic mass is 16.4. The first kappa shape index (κ1) is 14.8. The van der Waals surface area contributed by atoms with Crippen molar-refractivity contribution in [1.82, 2.24) is 24.5 Å². The number of rotatable bonds is 6. The summed E-state index contributed by atoms with van der Waals surface area (Å²) in [6, 6.07) is 1.86. The fourth-order valence-corrected chi connectivity index (χ4v) is 1.82. The summed E-state index contributed by atoms with van der Waals surface area (Å²) in [7, 11) is 1.68. The van der Waals surface area contributed by atoms with Crippen LogP contribution in [0.5, 0.6) is 0 Å². The normalized spacial score (nSPS) is 10.6. The number of hydrogen-bond acceptors (Lipinski definition) is 4. The van der Waals surface area contributed by atoms with Crippen molar-refractivity contribution in [2.75, 3.05) is 7.05 Å². The van der Waals surface area contributed by atoms with Gasteiger partial charge in [0.2, 0.25) is 5.91 Å². The Morgan fingerprint density at radius 2 is 2.14 bits per heavy atom. The van der Waals surface area contributed by atoms with Gasteiger partial charge in [0, 0.05) is 26.0 Å². The van der Waals surface area contributed by atoms with Gasteiger partial charge in [0.05, 0.1) is 24.0 Å². The molecule has 21 heavy (non-hydrogen) atoms. The van der Waals surface area contributed by atoms with Gasteiger partial charge in [-0.3, -0.25) is 14.2 Å². The third-order valence-electron chi connectivity index (χ3n) is 3.02. The lowest BCUT2D eigenvalue weighted by atomic mass is 10.4. The Kier molecular flexibility index (Phi) is 4.36. The van der Waals surface area contributed by atoms with E-state index in [4.69, 9.17) is 5.11 Å². The van der Waals surface area contributed by atoms with Gasteiger partial charge < -0.3 is 10.0 Å². The standard InChI is InChI=1S/C13H17N5O3/c1-3-17-5-4-11(15-17)8-16(2)12(19)9-18-7-10(6-14-18)13(20)21/h4-7H,3,8-9H2,1-2H3,(H,20,21). The molecule has 0 unspecified atom stereocenters. The second-order valence-corrected chi connectivity index (χ2v) is 4.64. The van der Waals surface area contributed by atoms with Crippen molar-refractivity contribution in [3.8, 4) is 0 Å². The van der Waals surface area contributed by atoms with E-state index in [0.717, 1.165) is 12.2 Å². The van der Waals surface area contributed by atoms with Crippen LogP contribution in [0.15, 0.2) is 24.7 Å². The van der Waals surface area contributed by atoms with E-state index >= 15 is 0 Å². The number of aromatic carboxylic acids is 1. The van der Waals surface area contributed by atoms with Gasteiger partial charge in [-0.05, 0) is 13.0 Å². The van der Waals surface area contributed by atoms with Crippen molar-refractivity contribution in [3.05, 3.63) is 35.9 Å². The predicted molar refractivity (Wildman–Crippen MR) is 73.6 cm³/mol. The van der Waals surface area contributed by atoms with Crippen LogP contribution in [0, 0.1) is 0 Å². The maximum Gasteiger partial charge on any atom is 0.338 e. The fraction of sp³-hybridized carbons (Fsp3) is 0.385. The number of amides is 1. The van der Waals surface area contributed by atoms with Crippen molar-refractivity contribution >= 4 is 11.9 Å². The van der Waals surface area contributed by atoms with Crippen LogP contribution in [0.1, 0.15) is 23.0 Å². The molecule has 8 heteroatoms. The number of likely N-dealkylation sites (N-methyl/N-ethyl adjacent to an activating group) is 1. The maximum absolute atomic E-state index is 12.1. The van der Waals surface area contributed by atoms with Gasteiger partial charge in [-0.25, -0.2) is 4.79 Å². The van der Waals surface area contributed by atoms with Crippen molar-refractivity contribution in [2.24, 2.45) is 0 Å². The first-order valence-electron chi connectivity index (χ1n) is 6.51. The van der Waals surface area contributed by atoms with E-state index in [-0.39, 0.29) is 18.0 Å². The van der Waals surface area contributed by atoms with Crippen LogP contribution in [0.25, 0.3) is 0 Å². The molecule has 0 fully saturated rings. The number of carboxylic acids is 1. The average Bonchev–Trinajstić information content (AvgIpc) is 3.07. The van der Waals surface area contributed by atoms with Gasteiger partial charge in [-0.15, -0.1) is 0 Å². The zero-order valence-corrected chi connectivity index (χ0v) is 11.9. The Bertz CT molecular complexity index is 646. The first-order valence-corrected chi connectivity index (χ1v) is 6.51. The van der Waals surface area contributed by atoms with Gasteiger partial charge in [0.25, 0.3) is 0 Å². The smallest absolute Gasteiger partial charge is 0.338 e. The largest absolute Gasteiger partial charge is 0.478 e. The molecule has 0 aliphatic rings. The minimum Gasteiger partial charge on any atom is -0.478 e. The van der Waals surface area contributed by atoms with Crippen LogP contribution in [0.4, 0.5) is 0 Å². The van der Waals surface area contributed by atoms with Crippen LogP contribution in [0.2, 0.25) is 0 Å². The summed E-state index contributed by atoms with van der Waals surface area (Å²) in [4.78, 5) is 24.3. The van der Waals surface area contributed by atoms with Gasteiger partial charge in [-0.2, -0.15) is 10.2 Å². The first-order chi connectivity index (χ1) is 9.99. The molecular formula is C13H17N5O3. The summed E-state index contributed by atoms with van der Waals surface area (Å²) < 4.78 is 3.10. The summed E-state index contributed by atoms with van der Waals surface area (Å²) >= 11 is 0. The number of nitrogens with zero attached hydrogens (tertiary/aromatic N) is 5. The highest BCUT2D eigenvalue weighted by molar-refractivity contribution is 5.87. The number of hydrogen-bond donors (Lipinski definition) is 1. The Balaban J connectivity index is 1.93. The van der Waals surface area contributed by atoms with Gasteiger partial charge in [0.15, 0.2) is 0 Å². The second-order valence-electron chi connectivity index (χ2n) is 4.64. The Morgan fingerprint density at radius 1 is 1.38 bits per heavy atom. The number of carbonyl (C=O) groups excluding carboxylic acids is 1. The van der Waals surface area contributed by atoms with Crippen molar-refractivity contribution in [3.63, 3.8) is 0 Å². The zero-order valence-electron chi connectivity index (χ0n) is 11.9. The predicted octanol–water partition coefficient (Wildman–Crippen LogP) is 0.456. The number of carboxylic acid groups (broad SMARTS) is 1. The zero-order chi connectivity index (χ0) is 15.4. The summed E-state index contributed by atoms with van der Waals surface area (Å²) in [5.41, 5.74) is 0.867. The van der Waals surface area contributed by atoms with E-state index in [1.165, 1.54) is 22.0 Å². The maximum atomic E-state index is 12.1. The molecule has 1 N–H and O–H groups in total. The highest BCUT2D eigenvalue weighted by Crippen LogP contribution is 2.03. The molecule has 0 aliphatic carbocycles. The molecule has 0 aliphatic heterocycles. The Morgan fingerprint density at radius 3 is 2.71 bits per heavy atom. The van der Waals surface area contributed by atoms with Gasteiger partial charge in [-0.1, -0.05) is 0 Å². The molecule has 112 valence electrons. The van der Waals surface area contributed by atoms with Crippen molar-refractivity contribution < 1.29 is 14.7 Å². The van der Waals surface area contributed by atoms with Crippen LogP contribution < -0.4 is 0 Å². The third kappa shape index (κ3) is 3.68. The number of aryl methyl sites for hydroxylation is 1. The van der Waals surface area contributed by atoms with Gasteiger partial charge >= 0.3 is 5.97 Å². The molecule has 0 atom stereocenters. The summed E-state index contributed by atoms with van der Waals surface area (Å²) in [5, 5.41) is 17.0. The Labute approximate surface area is 121 Å². The van der Waals surface area contributed by atoms with Gasteiger partial charge in [0.1, 0.15) is 6.54 Å². The monoisotopic (exact) mass is 291 g/mol.